The lowest BCUT2D eigenvalue weighted by atomic mass is 9.85. The van der Waals surface area contributed by atoms with Crippen molar-refractivity contribution >= 4 is 27.8 Å². The van der Waals surface area contributed by atoms with Crippen LogP contribution in [0.2, 0.25) is 0 Å². The van der Waals surface area contributed by atoms with Gasteiger partial charge < -0.3 is 15.2 Å². The van der Waals surface area contributed by atoms with Gasteiger partial charge in [0.15, 0.2) is 5.54 Å². The van der Waals surface area contributed by atoms with E-state index in [-0.39, 0.29) is 12.2 Å². The van der Waals surface area contributed by atoms with Gasteiger partial charge in [-0.1, -0.05) is 22.0 Å². The Kier molecular flexibility index (Phi) is 3.98. The predicted octanol–water partition coefficient (Wildman–Crippen LogP) is 1.94. The fourth-order valence-corrected chi connectivity index (χ4v) is 2.50. The Morgan fingerprint density at radius 3 is 2.62 bits per heavy atom. The van der Waals surface area contributed by atoms with E-state index in [4.69, 9.17) is 4.74 Å². The van der Waals surface area contributed by atoms with Gasteiger partial charge in [0.25, 0.3) is 0 Å². The van der Waals surface area contributed by atoms with E-state index in [0.29, 0.717) is 10.0 Å². The molecular formula is C12H9BrF3NO4. The quantitative estimate of drug-likeness (QED) is 0.837. The minimum Gasteiger partial charge on any atom is -0.479 e. The van der Waals surface area contributed by atoms with E-state index in [0.717, 1.165) is 0 Å². The Balaban J connectivity index is 2.51. The molecule has 0 radical (unpaired) electrons. The first-order valence-corrected chi connectivity index (χ1v) is 6.45. The van der Waals surface area contributed by atoms with Crippen LogP contribution in [-0.4, -0.2) is 29.8 Å². The van der Waals surface area contributed by atoms with Crippen molar-refractivity contribution in [2.75, 3.05) is 6.61 Å². The van der Waals surface area contributed by atoms with Gasteiger partial charge in [0.05, 0.1) is 13.2 Å². The van der Waals surface area contributed by atoms with Crippen LogP contribution in [0.3, 0.4) is 0 Å². The largest absolute Gasteiger partial charge is 0.479 e. The molecular weight excluding hydrogens is 359 g/mol. The summed E-state index contributed by atoms with van der Waals surface area (Å²) in [4.78, 5) is 22.7. The third-order valence-corrected chi connectivity index (χ3v) is 3.55. The number of carbonyl (C=O) groups excluding carboxylic acids is 1. The van der Waals surface area contributed by atoms with Crippen molar-refractivity contribution in [1.29, 1.82) is 0 Å². The number of amides is 1. The number of carboxylic acids is 1. The molecule has 1 heterocycles. The number of hydrogen-bond acceptors (Lipinski definition) is 3. The molecule has 9 heteroatoms. The number of alkyl halides is 3. The molecule has 1 aliphatic rings. The van der Waals surface area contributed by atoms with Crippen LogP contribution in [0.1, 0.15) is 11.1 Å². The highest BCUT2D eigenvalue weighted by Gasteiger charge is 2.51. The van der Waals surface area contributed by atoms with Gasteiger partial charge in [0.1, 0.15) is 0 Å². The average molecular weight is 368 g/mol. The van der Waals surface area contributed by atoms with Crippen molar-refractivity contribution in [3.05, 3.63) is 33.8 Å². The Bertz CT molecular complexity index is 605. The smallest absolute Gasteiger partial charge is 0.471 e. The first-order valence-electron chi connectivity index (χ1n) is 5.66. The van der Waals surface area contributed by atoms with Crippen LogP contribution in [0.15, 0.2) is 22.7 Å². The molecule has 0 spiro atoms. The van der Waals surface area contributed by atoms with Crippen LogP contribution in [0.25, 0.3) is 0 Å². The Morgan fingerprint density at radius 2 is 2.05 bits per heavy atom. The van der Waals surface area contributed by atoms with Crippen molar-refractivity contribution in [3.63, 3.8) is 0 Å². The lowest BCUT2D eigenvalue weighted by molar-refractivity contribution is -0.180. The first kappa shape index (κ1) is 15.8. The zero-order valence-electron chi connectivity index (χ0n) is 10.3. The van der Waals surface area contributed by atoms with Crippen molar-refractivity contribution in [1.82, 2.24) is 5.32 Å². The summed E-state index contributed by atoms with van der Waals surface area (Å²) in [6, 6.07) is 4.38. The van der Waals surface area contributed by atoms with Gasteiger partial charge in [-0.3, -0.25) is 4.79 Å². The van der Waals surface area contributed by atoms with Crippen LogP contribution in [0.5, 0.6) is 0 Å². The number of carbonyl (C=O) groups is 2. The molecule has 21 heavy (non-hydrogen) atoms. The van der Waals surface area contributed by atoms with Gasteiger partial charge in [-0.25, -0.2) is 4.79 Å². The number of aliphatic carboxylic acids is 1. The number of rotatable bonds is 2. The molecule has 0 bridgehead atoms. The molecule has 0 fully saturated rings. The van der Waals surface area contributed by atoms with E-state index in [9.17, 15) is 27.9 Å². The summed E-state index contributed by atoms with van der Waals surface area (Å²) in [6.45, 7) is -0.537. The lowest BCUT2D eigenvalue weighted by Crippen LogP contribution is -2.59. The molecule has 0 saturated carbocycles. The number of fused-ring (bicyclic) bond motifs is 1. The van der Waals surface area contributed by atoms with E-state index in [1.807, 2.05) is 0 Å². The number of benzene rings is 1. The van der Waals surface area contributed by atoms with E-state index in [1.54, 1.807) is 5.32 Å². The Hall–Kier alpha value is -1.61. The summed E-state index contributed by atoms with van der Waals surface area (Å²) >= 11 is 3.18. The minimum atomic E-state index is -5.19. The molecule has 2 rings (SSSR count). The summed E-state index contributed by atoms with van der Waals surface area (Å²) in [5.74, 6) is -3.95. The summed E-state index contributed by atoms with van der Waals surface area (Å²) in [5, 5.41) is 10.9. The highest BCUT2D eigenvalue weighted by molar-refractivity contribution is 9.10. The molecule has 1 aliphatic heterocycles. The molecule has 0 aliphatic carbocycles. The Labute approximate surface area is 125 Å². The van der Waals surface area contributed by atoms with Crippen LogP contribution >= 0.6 is 15.9 Å². The maximum atomic E-state index is 12.4. The lowest BCUT2D eigenvalue weighted by Gasteiger charge is -2.36. The van der Waals surface area contributed by atoms with E-state index < -0.39 is 30.2 Å². The number of nitrogens with one attached hydrogen (secondary N) is 1. The third-order valence-electron chi connectivity index (χ3n) is 3.05. The van der Waals surface area contributed by atoms with Gasteiger partial charge in [-0.15, -0.1) is 0 Å². The summed E-state index contributed by atoms with van der Waals surface area (Å²) in [7, 11) is 0. The van der Waals surface area contributed by atoms with Crippen LogP contribution in [0.4, 0.5) is 13.2 Å². The van der Waals surface area contributed by atoms with Crippen LogP contribution < -0.4 is 5.32 Å². The summed E-state index contributed by atoms with van der Waals surface area (Å²) in [5.41, 5.74) is -1.80. The normalized spacial score (nSPS) is 21.5. The molecule has 2 N–H and O–H groups in total. The SMILES string of the molecule is O=C(NC1(C(=O)O)COCc2cc(Br)ccc21)C(F)(F)F. The minimum absolute atomic E-state index is 0.0473. The highest BCUT2D eigenvalue weighted by Crippen LogP contribution is 2.33. The van der Waals surface area contributed by atoms with Gasteiger partial charge in [0, 0.05) is 4.47 Å². The monoisotopic (exact) mass is 367 g/mol. The summed E-state index contributed by atoms with van der Waals surface area (Å²) in [6.07, 6.45) is -5.19. The van der Waals surface area contributed by atoms with Crippen LogP contribution in [0, 0.1) is 0 Å². The molecule has 1 atom stereocenters. The number of ether oxygens (including phenoxy) is 1. The predicted molar refractivity (Wildman–Crippen MR) is 67.3 cm³/mol. The highest BCUT2D eigenvalue weighted by atomic mass is 79.9. The van der Waals surface area contributed by atoms with Crippen LogP contribution in [-0.2, 0) is 26.5 Å². The zero-order valence-corrected chi connectivity index (χ0v) is 11.9. The van der Waals surface area contributed by atoms with Gasteiger partial charge in [0.2, 0.25) is 0 Å². The van der Waals surface area contributed by atoms with Crippen molar-refractivity contribution in [2.45, 2.75) is 18.3 Å². The van der Waals surface area contributed by atoms with E-state index in [2.05, 4.69) is 15.9 Å². The van der Waals surface area contributed by atoms with E-state index in [1.165, 1.54) is 18.2 Å². The summed E-state index contributed by atoms with van der Waals surface area (Å²) < 4.78 is 42.9. The maximum absolute atomic E-state index is 12.4. The zero-order chi connectivity index (χ0) is 15.8. The fourth-order valence-electron chi connectivity index (χ4n) is 2.09. The molecule has 1 unspecified atom stereocenters. The number of carboxylic acid groups (broad SMARTS) is 1. The molecule has 1 aromatic carbocycles. The van der Waals surface area contributed by atoms with Gasteiger partial charge >= 0.3 is 18.1 Å². The number of hydrogen-bond donors (Lipinski definition) is 2. The van der Waals surface area contributed by atoms with E-state index >= 15 is 0 Å². The second-order valence-corrected chi connectivity index (χ2v) is 5.37. The topological polar surface area (TPSA) is 75.6 Å². The first-order chi connectivity index (χ1) is 9.67. The number of halogens is 4. The average Bonchev–Trinajstić information content (AvgIpc) is 2.36. The maximum Gasteiger partial charge on any atom is 0.471 e. The molecule has 1 amide bonds. The molecule has 0 saturated heterocycles. The third kappa shape index (κ3) is 2.88. The molecule has 114 valence electrons. The van der Waals surface area contributed by atoms with Crippen molar-refractivity contribution in [2.24, 2.45) is 0 Å². The second kappa shape index (κ2) is 5.30. The second-order valence-electron chi connectivity index (χ2n) is 4.46. The van der Waals surface area contributed by atoms with Crippen molar-refractivity contribution in [3.8, 4) is 0 Å². The van der Waals surface area contributed by atoms with Crippen molar-refractivity contribution < 1.29 is 32.6 Å². The van der Waals surface area contributed by atoms with Gasteiger partial charge in [-0.05, 0) is 23.3 Å². The Morgan fingerprint density at radius 1 is 1.38 bits per heavy atom. The molecule has 0 aromatic heterocycles. The molecule has 5 nitrogen and oxygen atoms in total. The fraction of sp³-hybridized carbons (Fsp3) is 0.333. The van der Waals surface area contributed by atoms with Gasteiger partial charge in [-0.2, -0.15) is 13.2 Å². The standard InChI is InChI=1S/C12H9BrF3NO4/c13-7-1-2-8-6(3-7)4-21-5-11(8,10(19)20)17-9(18)12(14,15)16/h1-3H,4-5H2,(H,17,18)(H,19,20). The molecule has 1 aromatic rings.